The van der Waals surface area contributed by atoms with Gasteiger partial charge in [0.05, 0.1) is 0 Å². The van der Waals surface area contributed by atoms with E-state index in [1.807, 2.05) is 4.90 Å². The predicted octanol–water partition coefficient (Wildman–Crippen LogP) is 4.94. The highest BCUT2D eigenvalue weighted by molar-refractivity contribution is 6.30. The monoisotopic (exact) mass is 533 g/mol. The standard InChI is InChI=1S/C21H21ClF5N7O2/c1-11-30-31-19(35-11)33-8-12-5-6-13(9-33)16(12)28-17-29-18(36-15-4-2-3-14(22)7-15)34(32-17)10-20(23,24)21(25,26)27/h2-4,7,12-13,16H,5-6,8-10H2,1H3,(H,28,32). The maximum atomic E-state index is 13.9. The molecular formula is C21H21ClF5N7O2. The van der Waals surface area contributed by atoms with Gasteiger partial charge >= 0.3 is 24.1 Å². The van der Waals surface area contributed by atoms with Crippen molar-refractivity contribution < 1.29 is 31.1 Å². The number of halogens is 6. The Labute approximate surface area is 206 Å². The molecule has 2 fully saturated rings. The number of anilines is 2. The fourth-order valence-corrected chi connectivity index (χ4v) is 4.84. The van der Waals surface area contributed by atoms with Crippen LogP contribution in [-0.4, -0.2) is 56.2 Å². The first kappa shape index (κ1) is 24.5. The largest absolute Gasteiger partial charge is 0.455 e. The average Bonchev–Trinajstić information content (AvgIpc) is 3.43. The fraction of sp³-hybridized carbons (Fsp3) is 0.524. The van der Waals surface area contributed by atoms with E-state index in [1.54, 1.807) is 13.0 Å². The van der Waals surface area contributed by atoms with E-state index in [2.05, 4.69) is 25.6 Å². The Bertz CT molecular complexity index is 1220. The van der Waals surface area contributed by atoms with Gasteiger partial charge in [0.15, 0.2) is 0 Å². The molecule has 194 valence electrons. The van der Waals surface area contributed by atoms with Crippen LogP contribution in [0.5, 0.6) is 11.8 Å². The summed E-state index contributed by atoms with van der Waals surface area (Å²) in [4.78, 5) is 6.08. The van der Waals surface area contributed by atoms with Crippen LogP contribution in [0, 0.1) is 18.8 Å². The molecule has 0 radical (unpaired) electrons. The Hall–Kier alpha value is -3.16. The topological polar surface area (TPSA) is 94.1 Å². The van der Waals surface area contributed by atoms with Gasteiger partial charge in [-0.15, -0.1) is 10.2 Å². The second-order valence-electron chi connectivity index (χ2n) is 8.91. The first-order chi connectivity index (χ1) is 17.0. The van der Waals surface area contributed by atoms with E-state index < -0.39 is 24.7 Å². The molecule has 3 aromatic rings. The lowest BCUT2D eigenvalue weighted by Crippen LogP contribution is -2.48. The van der Waals surface area contributed by atoms with Crippen LogP contribution in [0.15, 0.2) is 28.7 Å². The molecule has 1 aliphatic heterocycles. The molecule has 5 rings (SSSR count). The summed E-state index contributed by atoms with van der Waals surface area (Å²) in [6.45, 7) is 1.12. The third-order valence-corrected chi connectivity index (χ3v) is 6.56. The number of nitrogens with zero attached hydrogens (tertiary/aromatic N) is 6. The van der Waals surface area contributed by atoms with Gasteiger partial charge in [-0.3, -0.25) is 0 Å². The van der Waals surface area contributed by atoms with Crippen LogP contribution in [0.1, 0.15) is 18.7 Å². The Balaban J connectivity index is 1.37. The number of ether oxygens (including phenoxy) is 1. The highest BCUT2D eigenvalue weighted by atomic mass is 35.5. The molecule has 1 saturated carbocycles. The van der Waals surface area contributed by atoms with E-state index in [0.717, 1.165) is 12.8 Å². The van der Waals surface area contributed by atoms with Gasteiger partial charge in [-0.1, -0.05) is 22.8 Å². The number of fused-ring (bicyclic) bond motifs is 2. The van der Waals surface area contributed by atoms with Gasteiger partial charge < -0.3 is 19.4 Å². The molecule has 15 heteroatoms. The molecule has 36 heavy (non-hydrogen) atoms. The summed E-state index contributed by atoms with van der Waals surface area (Å²) in [5.74, 6) is -4.34. The van der Waals surface area contributed by atoms with Crippen LogP contribution in [0.25, 0.3) is 0 Å². The van der Waals surface area contributed by atoms with E-state index in [0.29, 0.717) is 29.7 Å². The Morgan fingerprint density at radius 3 is 2.47 bits per heavy atom. The molecule has 1 aliphatic carbocycles. The molecule has 2 atom stereocenters. The van der Waals surface area contributed by atoms with Crippen LogP contribution in [0.4, 0.5) is 33.9 Å². The molecule has 0 spiro atoms. The Kier molecular flexibility index (Phi) is 6.17. The number of aryl methyl sites for hydroxylation is 1. The van der Waals surface area contributed by atoms with Crippen molar-refractivity contribution in [1.29, 1.82) is 0 Å². The number of nitrogens with one attached hydrogen (secondary N) is 1. The van der Waals surface area contributed by atoms with E-state index in [1.165, 1.54) is 18.2 Å². The van der Waals surface area contributed by atoms with E-state index in [9.17, 15) is 22.0 Å². The normalized spacial score (nSPS) is 22.2. The third-order valence-electron chi connectivity index (χ3n) is 6.32. The summed E-state index contributed by atoms with van der Waals surface area (Å²) < 4.78 is 77.8. The van der Waals surface area contributed by atoms with Gasteiger partial charge in [0.1, 0.15) is 12.3 Å². The molecule has 1 saturated heterocycles. The zero-order valence-corrected chi connectivity index (χ0v) is 19.6. The third kappa shape index (κ3) is 4.90. The lowest BCUT2D eigenvalue weighted by Gasteiger charge is -2.37. The first-order valence-corrected chi connectivity index (χ1v) is 11.5. The average molecular weight is 534 g/mol. The predicted molar refractivity (Wildman–Crippen MR) is 117 cm³/mol. The minimum absolute atomic E-state index is 0.103. The number of alkyl halides is 5. The molecular weight excluding hydrogens is 513 g/mol. The summed E-state index contributed by atoms with van der Waals surface area (Å²) in [5, 5.41) is 15.2. The summed E-state index contributed by atoms with van der Waals surface area (Å²) >= 11 is 5.92. The minimum atomic E-state index is -5.76. The Morgan fingerprint density at radius 1 is 1.14 bits per heavy atom. The van der Waals surface area contributed by atoms with Crippen molar-refractivity contribution in [2.45, 2.75) is 44.5 Å². The van der Waals surface area contributed by atoms with Crippen LogP contribution >= 0.6 is 11.6 Å². The molecule has 2 unspecified atom stereocenters. The molecule has 2 aromatic heterocycles. The molecule has 0 amide bonds. The van der Waals surface area contributed by atoms with Crippen molar-refractivity contribution in [3.63, 3.8) is 0 Å². The highest BCUT2D eigenvalue weighted by Gasteiger charge is 2.58. The van der Waals surface area contributed by atoms with Gasteiger partial charge in [-0.05, 0) is 42.9 Å². The van der Waals surface area contributed by atoms with Crippen molar-refractivity contribution in [1.82, 2.24) is 25.0 Å². The van der Waals surface area contributed by atoms with Crippen LogP contribution in [-0.2, 0) is 6.54 Å². The van der Waals surface area contributed by atoms with Crippen molar-refractivity contribution in [3.05, 3.63) is 35.2 Å². The fourth-order valence-electron chi connectivity index (χ4n) is 4.66. The van der Waals surface area contributed by atoms with E-state index in [4.69, 9.17) is 20.8 Å². The summed E-state index contributed by atoms with van der Waals surface area (Å²) in [6, 6.07) is 5.73. The van der Waals surface area contributed by atoms with Gasteiger partial charge in [0.2, 0.25) is 11.8 Å². The van der Waals surface area contributed by atoms with Gasteiger partial charge in [0, 0.05) is 31.1 Å². The summed E-state index contributed by atoms with van der Waals surface area (Å²) in [5.41, 5.74) is 0. The summed E-state index contributed by atoms with van der Waals surface area (Å²) in [6.07, 6.45) is -4.01. The molecule has 9 nitrogen and oxygen atoms in total. The molecule has 2 aliphatic rings. The lowest BCUT2D eigenvalue weighted by molar-refractivity contribution is -0.287. The number of hydrogen-bond donors (Lipinski definition) is 1. The number of piperidine rings is 1. The Morgan fingerprint density at radius 2 is 1.86 bits per heavy atom. The number of benzene rings is 1. The number of rotatable bonds is 7. The number of aromatic nitrogens is 5. The number of hydrogen-bond acceptors (Lipinski definition) is 8. The smallest absolute Gasteiger partial charge is 0.424 e. The lowest BCUT2D eigenvalue weighted by atomic mass is 9.92. The summed E-state index contributed by atoms with van der Waals surface area (Å²) in [7, 11) is 0. The van der Waals surface area contributed by atoms with Crippen molar-refractivity contribution >= 4 is 23.6 Å². The highest BCUT2D eigenvalue weighted by Crippen LogP contribution is 2.41. The van der Waals surface area contributed by atoms with Crippen LogP contribution in [0.2, 0.25) is 5.02 Å². The molecule has 1 aromatic carbocycles. The maximum absolute atomic E-state index is 13.9. The SMILES string of the molecule is Cc1nnc(N2CC3CCC(C2)C3Nc2nc(Oc3cccc(Cl)c3)n(CC(F)(F)C(F)(F)F)n2)o1. The molecule has 2 bridgehead atoms. The van der Waals surface area contributed by atoms with Crippen molar-refractivity contribution in [2.24, 2.45) is 11.8 Å². The van der Waals surface area contributed by atoms with Crippen molar-refractivity contribution in [3.8, 4) is 11.8 Å². The zero-order chi connectivity index (χ0) is 25.7. The second kappa shape index (κ2) is 9.05. The molecule has 1 N–H and O–H groups in total. The van der Waals surface area contributed by atoms with Crippen LogP contribution < -0.4 is 15.0 Å². The van der Waals surface area contributed by atoms with Crippen LogP contribution in [0.3, 0.4) is 0 Å². The second-order valence-corrected chi connectivity index (χ2v) is 9.35. The maximum Gasteiger partial charge on any atom is 0.455 e. The van der Waals surface area contributed by atoms with E-state index in [-0.39, 0.29) is 34.6 Å². The van der Waals surface area contributed by atoms with Crippen molar-refractivity contribution in [2.75, 3.05) is 23.3 Å². The van der Waals surface area contributed by atoms with E-state index >= 15 is 0 Å². The quantitative estimate of drug-likeness (QED) is 0.427. The zero-order valence-electron chi connectivity index (χ0n) is 18.8. The van der Waals surface area contributed by atoms with Gasteiger partial charge in [0.25, 0.3) is 0 Å². The van der Waals surface area contributed by atoms with Gasteiger partial charge in [-0.25, -0.2) is 4.68 Å². The van der Waals surface area contributed by atoms with Gasteiger partial charge in [-0.2, -0.15) is 26.9 Å². The first-order valence-electron chi connectivity index (χ1n) is 11.1. The molecule has 3 heterocycles. The minimum Gasteiger partial charge on any atom is -0.424 e.